The molecule has 2 aliphatic rings. The van der Waals surface area contributed by atoms with Gasteiger partial charge in [0.1, 0.15) is 0 Å². The van der Waals surface area contributed by atoms with E-state index in [-0.39, 0.29) is 5.91 Å². The van der Waals surface area contributed by atoms with E-state index < -0.39 is 0 Å². The van der Waals surface area contributed by atoms with Crippen LogP contribution < -0.4 is 0 Å². The quantitative estimate of drug-likeness (QED) is 0.874. The molecule has 104 valence electrons. The number of likely N-dealkylation sites (tertiary alicyclic amines) is 2. The van der Waals surface area contributed by atoms with Crippen LogP contribution in [-0.2, 0) is 0 Å². The third-order valence-electron chi connectivity index (χ3n) is 4.25. The van der Waals surface area contributed by atoms with Crippen LogP contribution in [-0.4, -0.2) is 63.8 Å². The van der Waals surface area contributed by atoms with Crippen molar-refractivity contribution in [1.82, 2.24) is 25.2 Å². The van der Waals surface area contributed by atoms with Crippen LogP contribution in [0, 0.1) is 5.92 Å². The predicted molar refractivity (Wildman–Crippen MR) is 70.7 cm³/mol. The highest BCUT2D eigenvalue weighted by atomic mass is 16.2. The van der Waals surface area contributed by atoms with Crippen LogP contribution in [0.1, 0.15) is 36.2 Å². The van der Waals surface area contributed by atoms with Gasteiger partial charge in [-0.1, -0.05) is 0 Å². The number of carbonyl (C=O) groups excluding carboxylic acids is 1. The number of carbonyl (C=O) groups is 1. The molecule has 0 unspecified atom stereocenters. The molecule has 0 aromatic carbocycles. The lowest BCUT2D eigenvalue weighted by atomic mass is 9.96. The van der Waals surface area contributed by atoms with Gasteiger partial charge >= 0.3 is 0 Å². The Hall–Kier alpha value is -1.43. The third kappa shape index (κ3) is 2.94. The first-order valence-electron chi connectivity index (χ1n) is 7.20. The molecule has 6 heteroatoms. The number of amides is 1. The molecule has 0 bridgehead atoms. The van der Waals surface area contributed by atoms with Crippen LogP contribution in [0.25, 0.3) is 0 Å². The molecule has 19 heavy (non-hydrogen) atoms. The molecule has 2 aliphatic heterocycles. The molecule has 0 spiro atoms. The highest BCUT2D eigenvalue weighted by Gasteiger charge is 2.26. The van der Waals surface area contributed by atoms with Gasteiger partial charge in [-0.15, -0.1) is 0 Å². The molecule has 0 atom stereocenters. The number of H-pyrrole nitrogens is 1. The summed E-state index contributed by atoms with van der Waals surface area (Å²) in [6.07, 6.45) is 6.42. The van der Waals surface area contributed by atoms with Crippen LogP contribution in [0.5, 0.6) is 0 Å². The number of aromatic nitrogens is 3. The first-order chi connectivity index (χ1) is 9.33. The molecule has 1 N–H and O–H groups in total. The van der Waals surface area contributed by atoms with Gasteiger partial charge in [-0.3, -0.25) is 4.79 Å². The van der Waals surface area contributed by atoms with Gasteiger partial charge in [-0.2, -0.15) is 15.4 Å². The van der Waals surface area contributed by atoms with E-state index in [9.17, 15) is 4.79 Å². The van der Waals surface area contributed by atoms with E-state index in [0.29, 0.717) is 5.69 Å². The Labute approximate surface area is 113 Å². The summed E-state index contributed by atoms with van der Waals surface area (Å²) in [5.74, 6) is 0.757. The maximum Gasteiger partial charge on any atom is 0.276 e. The summed E-state index contributed by atoms with van der Waals surface area (Å²) in [5.41, 5.74) is 0.429. The average molecular weight is 263 g/mol. The van der Waals surface area contributed by atoms with Gasteiger partial charge in [0.25, 0.3) is 5.91 Å². The van der Waals surface area contributed by atoms with Crippen LogP contribution in [0.15, 0.2) is 6.20 Å². The Balaban J connectivity index is 1.47. The fraction of sp³-hybridized carbons (Fsp3) is 0.769. The fourth-order valence-corrected chi connectivity index (χ4v) is 3.12. The van der Waals surface area contributed by atoms with Crippen molar-refractivity contribution in [1.29, 1.82) is 0 Å². The Kier molecular flexibility index (Phi) is 3.77. The van der Waals surface area contributed by atoms with Gasteiger partial charge in [-0.25, -0.2) is 0 Å². The fourth-order valence-electron chi connectivity index (χ4n) is 3.12. The summed E-state index contributed by atoms with van der Waals surface area (Å²) >= 11 is 0. The second kappa shape index (κ2) is 5.69. The van der Waals surface area contributed by atoms with Crippen molar-refractivity contribution in [2.45, 2.75) is 25.7 Å². The maximum atomic E-state index is 12.1. The van der Waals surface area contributed by atoms with E-state index in [1.54, 1.807) is 0 Å². The molecule has 6 nitrogen and oxygen atoms in total. The van der Waals surface area contributed by atoms with Crippen molar-refractivity contribution < 1.29 is 4.79 Å². The second-order valence-electron chi connectivity index (χ2n) is 5.60. The third-order valence-corrected chi connectivity index (χ3v) is 4.25. The summed E-state index contributed by atoms with van der Waals surface area (Å²) in [6.45, 7) is 5.44. The molecule has 2 fully saturated rings. The Bertz CT molecular complexity index is 405. The van der Waals surface area contributed by atoms with Crippen LogP contribution >= 0.6 is 0 Å². The minimum atomic E-state index is 0.00775. The zero-order chi connectivity index (χ0) is 13.1. The number of nitrogens with zero attached hydrogens (tertiary/aromatic N) is 4. The molecule has 0 radical (unpaired) electrons. The molecule has 0 aliphatic carbocycles. The normalized spacial score (nSPS) is 22.0. The smallest absolute Gasteiger partial charge is 0.276 e. The minimum absolute atomic E-state index is 0.00775. The molecule has 2 saturated heterocycles. The lowest BCUT2D eigenvalue weighted by molar-refractivity contribution is 0.0667. The van der Waals surface area contributed by atoms with Gasteiger partial charge in [-0.05, 0) is 44.7 Å². The highest BCUT2D eigenvalue weighted by Crippen LogP contribution is 2.21. The van der Waals surface area contributed by atoms with Gasteiger partial charge in [0.15, 0.2) is 5.69 Å². The van der Waals surface area contributed by atoms with E-state index in [0.717, 1.165) is 31.8 Å². The summed E-state index contributed by atoms with van der Waals surface area (Å²) in [5, 5.41) is 10.0. The largest absolute Gasteiger partial charge is 0.337 e. The molecular formula is C13H21N5O. The number of nitrogens with one attached hydrogen (secondary N) is 1. The first kappa shape index (κ1) is 12.6. The molecule has 1 aromatic rings. The SMILES string of the molecule is O=C(c1cn[nH]n1)N1CCC(CN2CCCC2)CC1. The Morgan fingerprint density at radius 1 is 1.26 bits per heavy atom. The van der Waals surface area contributed by atoms with Gasteiger partial charge in [0.05, 0.1) is 6.20 Å². The summed E-state index contributed by atoms with van der Waals surface area (Å²) < 4.78 is 0. The van der Waals surface area contributed by atoms with Crippen LogP contribution in [0.3, 0.4) is 0 Å². The Morgan fingerprint density at radius 2 is 2.00 bits per heavy atom. The number of piperidine rings is 1. The molecule has 3 rings (SSSR count). The van der Waals surface area contributed by atoms with E-state index in [1.165, 1.54) is 38.7 Å². The average Bonchev–Trinajstić information content (AvgIpc) is 3.12. The maximum absolute atomic E-state index is 12.1. The van der Waals surface area contributed by atoms with Crippen molar-refractivity contribution in [2.75, 3.05) is 32.7 Å². The van der Waals surface area contributed by atoms with Crippen molar-refractivity contribution in [3.8, 4) is 0 Å². The van der Waals surface area contributed by atoms with E-state index in [4.69, 9.17) is 0 Å². The van der Waals surface area contributed by atoms with Gasteiger partial charge in [0, 0.05) is 19.6 Å². The zero-order valence-corrected chi connectivity index (χ0v) is 11.2. The summed E-state index contributed by atoms with van der Waals surface area (Å²) in [7, 11) is 0. The summed E-state index contributed by atoms with van der Waals surface area (Å²) in [6, 6.07) is 0. The molecule has 0 saturated carbocycles. The predicted octanol–water partition coefficient (Wildman–Crippen LogP) is 0.753. The topological polar surface area (TPSA) is 65.1 Å². The lowest BCUT2D eigenvalue weighted by Gasteiger charge is -2.33. The van der Waals surface area contributed by atoms with Crippen molar-refractivity contribution >= 4 is 5.91 Å². The van der Waals surface area contributed by atoms with Gasteiger partial charge < -0.3 is 9.80 Å². The number of hydrogen-bond acceptors (Lipinski definition) is 4. The first-order valence-corrected chi connectivity index (χ1v) is 7.20. The van der Waals surface area contributed by atoms with Gasteiger partial charge in [0.2, 0.25) is 0 Å². The highest BCUT2D eigenvalue weighted by molar-refractivity contribution is 5.91. The van der Waals surface area contributed by atoms with E-state index in [2.05, 4.69) is 20.3 Å². The standard InChI is InChI=1S/C13H21N5O/c19-13(12-9-14-16-15-12)18-7-3-11(4-8-18)10-17-5-1-2-6-17/h9,11H,1-8,10H2,(H,14,15,16). The number of hydrogen-bond donors (Lipinski definition) is 1. The number of rotatable bonds is 3. The summed E-state index contributed by atoms with van der Waals surface area (Å²) in [4.78, 5) is 16.6. The van der Waals surface area contributed by atoms with Crippen molar-refractivity contribution in [2.24, 2.45) is 5.92 Å². The van der Waals surface area contributed by atoms with Crippen LogP contribution in [0.4, 0.5) is 0 Å². The number of aromatic amines is 1. The molecular weight excluding hydrogens is 242 g/mol. The molecule has 1 amide bonds. The lowest BCUT2D eigenvalue weighted by Crippen LogP contribution is -2.41. The zero-order valence-electron chi connectivity index (χ0n) is 11.2. The van der Waals surface area contributed by atoms with E-state index >= 15 is 0 Å². The van der Waals surface area contributed by atoms with E-state index in [1.807, 2.05) is 4.90 Å². The van der Waals surface area contributed by atoms with Crippen molar-refractivity contribution in [3.05, 3.63) is 11.9 Å². The monoisotopic (exact) mass is 263 g/mol. The Morgan fingerprint density at radius 3 is 2.63 bits per heavy atom. The second-order valence-corrected chi connectivity index (χ2v) is 5.60. The minimum Gasteiger partial charge on any atom is -0.337 e. The van der Waals surface area contributed by atoms with Crippen molar-refractivity contribution in [3.63, 3.8) is 0 Å². The molecule has 3 heterocycles. The molecule has 1 aromatic heterocycles. The van der Waals surface area contributed by atoms with Crippen LogP contribution in [0.2, 0.25) is 0 Å².